The van der Waals surface area contributed by atoms with E-state index in [9.17, 15) is 8.42 Å². The van der Waals surface area contributed by atoms with Gasteiger partial charge in [0.05, 0.1) is 18.1 Å². The quantitative estimate of drug-likeness (QED) is 0.334. The zero-order chi connectivity index (χ0) is 23.8. The Morgan fingerprint density at radius 2 is 1.27 bits per heavy atom. The van der Waals surface area contributed by atoms with E-state index < -0.39 is 16.2 Å². The van der Waals surface area contributed by atoms with E-state index in [-0.39, 0.29) is 18.1 Å². The average molecular weight is 469 g/mol. The van der Waals surface area contributed by atoms with Crippen LogP contribution in [-0.4, -0.2) is 40.9 Å². The van der Waals surface area contributed by atoms with Gasteiger partial charge in [0, 0.05) is 13.2 Å². The van der Waals surface area contributed by atoms with Crippen LogP contribution in [0, 0.1) is 13.8 Å². The van der Waals surface area contributed by atoms with Crippen molar-refractivity contribution in [3.8, 4) is 22.3 Å². The fourth-order valence-electron chi connectivity index (χ4n) is 3.50. The largest absolute Gasteiger partial charge is 0.379 e. The molecule has 33 heavy (non-hydrogen) atoms. The van der Waals surface area contributed by atoms with Crippen LogP contribution in [-0.2, 0) is 23.8 Å². The number of aryl methyl sites for hydroxylation is 2. The third-order valence-corrected chi connectivity index (χ3v) is 6.73. The molecule has 3 aromatic rings. The Hall–Kier alpha value is -2.51. The molecule has 0 aliphatic rings. The lowest BCUT2D eigenvalue weighted by Gasteiger charge is -2.17. The summed E-state index contributed by atoms with van der Waals surface area (Å²) in [5.41, 5.74) is 6.60. The van der Waals surface area contributed by atoms with Crippen molar-refractivity contribution in [2.75, 3.05) is 26.4 Å². The van der Waals surface area contributed by atoms with Crippen LogP contribution in [0.25, 0.3) is 22.3 Å². The zero-order valence-electron chi connectivity index (χ0n) is 19.7. The summed E-state index contributed by atoms with van der Waals surface area (Å²) in [7, 11) is -3.94. The van der Waals surface area contributed by atoms with Gasteiger partial charge in [-0.2, -0.15) is 8.42 Å². The second-order valence-electron chi connectivity index (χ2n) is 7.91. The van der Waals surface area contributed by atoms with Gasteiger partial charge in [0.2, 0.25) is 0 Å². The lowest BCUT2D eigenvalue weighted by molar-refractivity contribution is 0.00266. The summed E-state index contributed by atoms with van der Waals surface area (Å²) in [6.45, 7) is 9.07. The molecule has 0 aliphatic heterocycles. The van der Waals surface area contributed by atoms with Gasteiger partial charge in [0.15, 0.2) is 0 Å². The first-order valence-electron chi connectivity index (χ1n) is 11.2. The topological polar surface area (TPSA) is 61.8 Å². The van der Waals surface area contributed by atoms with Gasteiger partial charge in [-0.3, -0.25) is 4.18 Å². The fraction of sp³-hybridized carbons (Fsp3) is 0.333. The lowest BCUT2D eigenvalue weighted by atomic mass is 9.95. The monoisotopic (exact) mass is 468 g/mol. The van der Waals surface area contributed by atoms with Gasteiger partial charge in [-0.05, 0) is 73.7 Å². The Kier molecular flexibility index (Phi) is 8.80. The summed E-state index contributed by atoms with van der Waals surface area (Å²) in [5.74, 6) is 0. The summed E-state index contributed by atoms with van der Waals surface area (Å²) < 4.78 is 41.7. The van der Waals surface area contributed by atoms with Gasteiger partial charge in [-0.15, -0.1) is 0 Å². The minimum Gasteiger partial charge on any atom is -0.379 e. The Labute approximate surface area is 197 Å². The number of hydrogen-bond donors (Lipinski definition) is 0. The Morgan fingerprint density at radius 3 is 1.85 bits per heavy atom. The Balaban J connectivity index is 1.83. The minimum absolute atomic E-state index is 0.108. The van der Waals surface area contributed by atoms with Crippen LogP contribution >= 0.6 is 0 Å². The summed E-state index contributed by atoms with van der Waals surface area (Å²) in [6.07, 6.45) is -0.692. The number of hydrogen-bond acceptors (Lipinski definition) is 5. The van der Waals surface area contributed by atoms with Crippen LogP contribution in [0.15, 0.2) is 71.6 Å². The van der Waals surface area contributed by atoms with Gasteiger partial charge in [0.1, 0.15) is 6.10 Å². The van der Waals surface area contributed by atoms with Crippen LogP contribution in [0.5, 0.6) is 0 Å². The van der Waals surface area contributed by atoms with Crippen molar-refractivity contribution < 1.29 is 22.1 Å². The Morgan fingerprint density at radius 1 is 0.727 bits per heavy atom. The molecule has 0 bridgehead atoms. The van der Waals surface area contributed by atoms with Gasteiger partial charge in [-0.1, -0.05) is 54.1 Å². The van der Waals surface area contributed by atoms with Crippen LogP contribution in [0.4, 0.5) is 0 Å². The van der Waals surface area contributed by atoms with E-state index in [0.29, 0.717) is 13.2 Å². The van der Waals surface area contributed by atoms with Gasteiger partial charge in [-0.25, -0.2) is 0 Å². The smallest absolute Gasteiger partial charge is 0.297 e. The molecule has 176 valence electrons. The van der Waals surface area contributed by atoms with Crippen molar-refractivity contribution in [2.24, 2.45) is 0 Å². The second kappa shape index (κ2) is 11.6. The predicted octanol–water partition coefficient (Wildman–Crippen LogP) is 5.78. The first-order valence-corrected chi connectivity index (χ1v) is 12.6. The van der Waals surface area contributed by atoms with Crippen LogP contribution in [0.2, 0.25) is 0 Å². The minimum atomic E-state index is -3.94. The van der Waals surface area contributed by atoms with Gasteiger partial charge in [0.25, 0.3) is 10.1 Å². The lowest BCUT2D eigenvalue weighted by Crippen LogP contribution is -2.28. The molecule has 6 heteroatoms. The molecule has 0 saturated carbocycles. The number of benzene rings is 3. The molecular weight excluding hydrogens is 436 g/mol. The highest BCUT2D eigenvalue weighted by Gasteiger charge is 2.22. The van der Waals surface area contributed by atoms with Crippen molar-refractivity contribution in [1.82, 2.24) is 0 Å². The van der Waals surface area contributed by atoms with Gasteiger partial charge >= 0.3 is 0 Å². The van der Waals surface area contributed by atoms with Crippen molar-refractivity contribution in [1.29, 1.82) is 0 Å². The maximum atomic E-state index is 12.8. The molecule has 0 unspecified atom stereocenters. The number of ether oxygens (including phenoxy) is 2. The summed E-state index contributed by atoms with van der Waals surface area (Å²) in [5, 5.41) is 0. The maximum Gasteiger partial charge on any atom is 0.297 e. The van der Waals surface area contributed by atoms with Crippen molar-refractivity contribution in [3.05, 3.63) is 77.9 Å². The standard InChI is InChI=1S/C27H32O5S/c1-5-30-18-25(19-31-6-2)32-33(28,29)26-15-13-23(14-16-26)27-17-24(12-9-21(27)4)22-10-7-20(3)8-11-22/h7-17,25H,5-6,18-19H2,1-4H3. The van der Waals surface area contributed by atoms with Crippen molar-refractivity contribution in [2.45, 2.75) is 38.7 Å². The molecule has 0 aromatic heterocycles. The average Bonchev–Trinajstić information content (AvgIpc) is 2.82. The summed E-state index contributed by atoms with van der Waals surface area (Å²) >= 11 is 0. The molecule has 0 N–H and O–H groups in total. The van der Waals surface area contributed by atoms with E-state index in [2.05, 4.69) is 49.4 Å². The highest BCUT2D eigenvalue weighted by Crippen LogP contribution is 2.30. The zero-order valence-corrected chi connectivity index (χ0v) is 20.5. The molecule has 0 saturated heterocycles. The normalized spacial score (nSPS) is 11.8. The van der Waals surface area contributed by atoms with E-state index in [1.54, 1.807) is 12.1 Å². The van der Waals surface area contributed by atoms with Crippen LogP contribution in [0.1, 0.15) is 25.0 Å². The molecule has 0 atom stereocenters. The molecule has 5 nitrogen and oxygen atoms in total. The first kappa shape index (κ1) is 25.1. The van der Waals surface area contributed by atoms with Crippen LogP contribution < -0.4 is 0 Å². The molecule has 0 fully saturated rings. The van der Waals surface area contributed by atoms with Gasteiger partial charge < -0.3 is 9.47 Å². The molecule has 0 heterocycles. The molecular formula is C27H32O5S. The highest BCUT2D eigenvalue weighted by atomic mass is 32.2. The second-order valence-corrected chi connectivity index (χ2v) is 9.48. The molecule has 0 aliphatic carbocycles. The SMILES string of the molecule is CCOCC(COCC)OS(=O)(=O)c1ccc(-c2cc(-c3ccc(C)cc3)ccc2C)cc1. The van der Waals surface area contributed by atoms with E-state index in [1.165, 1.54) is 5.56 Å². The third-order valence-electron chi connectivity index (χ3n) is 5.35. The maximum absolute atomic E-state index is 12.8. The fourth-order valence-corrected chi connectivity index (χ4v) is 4.55. The predicted molar refractivity (Wildman–Crippen MR) is 132 cm³/mol. The summed E-state index contributed by atoms with van der Waals surface area (Å²) in [4.78, 5) is 0.108. The van der Waals surface area contributed by atoms with Crippen molar-refractivity contribution in [3.63, 3.8) is 0 Å². The Bertz CT molecular complexity index is 1130. The van der Waals surface area contributed by atoms with E-state index in [1.807, 2.05) is 32.9 Å². The van der Waals surface area contributed by atoms with E-state index in [0.717, 1.165) is 27.8 Å². The summed E-state index contributed by atoms with van der Waals surface area (Å²) in [6, 6.07) is 21.5. The van der Waals surface area contributed by atoms with E-state index in [4.69, 9.17) is 13.7 Å². The van der Waals surface area contributed by atoms with Crippen LogP contribution in [0.3, 0.4) is 0 Å². The van der Waals surface area contributed by atoms with E-state index >= 15 is 0 Å². The van der Waals surface area contributed by atoms with Crippen molar-refractivity contribution >= 4 is 10.1 Å². The molecule has 0 amide bonds. The number of rotatable bonds is 11. The molecule has 3 rings (SSSR count). The molecule has 0 spiro atoms. The molecule has 0 radical (unpaired) electrons. The molecule has 3 aromatic carbocycles. The third kappa shape index (κ3) is 6.74. The highest BCUT2D eigenvalue weighted by molar-refractivity contribution is 7.86. The first-order chi connectivity index (χ1) is 15.8.